The number of carbonyl (C=O) groups is 1. The van der Waals surface area contributed by atoms with Crippen LogP contribution in [-0.2, 0) is 4.79 Å². The number of benzene rings is 3. The van der Waals surface area contributed by atoms with E-state index in [-0.39, 0.29) is 17.8 Å². The number of rotatable bonds is 7. The molecule has 7 heteroatoms. The number of hydrogen-bond acceptors (Lipinski definition) is 6. The Hall–Kier alpha value is -2.90. The summed E-state index contributed by atoms with van der Waals surface area (Å²) in [6.45, 7) is 2.04. The van der Waals surface area contributed by atoms with Gasteiger partial charge in [-0.3, -0.25) is 10.1 Å². The molecule has 0 fully saturated rings. The van der Waals surface area contributed by atoms with Crippen LogP contribution in [-0.4, -0.2) is 22.7 Å². The molecule has 0 bridgehead atoms. The van der Waals surface area contributed by atoms with Crippen molar-refractivity contribution in [3.05, 3.63) is 78.4 Å². The molecular formula is C22H19N3O2S2. The number of fused-ring (bicyclic) bond motifs is 1. The summed E-state index contributed by atoms with van der Waals surface area (Å²) >= 11 is 2.98. The van der Waals surface area contributed by atoms with Crippen molar-refractivity contribution in [2.24, 2.45) is 0 Å². The van der Waals surface area contributed by atoms with Crippen LogP contribution in [0.3, 0.4) is 0 Å². The maximum absolute atomic E-state index is 12.2. The molecule has 0 aliphatic rings. The van der Waals surface area contributed by atoms with Gasteiger partial charge in [-0.2, -0.15) is 0 Å². The highest BCUT2D eigenvalue weighted by Crippen LogP contribution is 2.37. The molecule has 1 N–H and O–H groups in total. The minimum atomic E-state index is -0.262. The fourth-order valence-corrected chi connectivity index (χ4v) is 4.85. The Balaban J connectivity index is 1.30. The Morgan fingerprint density at radius 2 is 1.79 bits per heavy atom. The van der Waals surface area contributed by atoms with Crippen LogP contribution in [0.25, 0.3) is 10.8 Å². The summed E-state index contributed by atoms with van der Waals surface area (Å²) in [4.78, 5) is 12.2. The molecule has 0 saturated carbocycles. The molecule has 0 aliphatic heterocycles. The van der Waals surface area contributed by atoms with Crippen molar-refractivity contribution in [1.82, 2.24) is 10.2 Å². The zero-order valence-corrected chi connectivity index (χ0v) is 17.4. The predicted octanol–water partition coefficient (Wildman–Crippen LogP) is 5.56. The van der Waals surface area contributed by atoms with Crippen LogP contribution in [0.1, 0.15) is 17.7 Å². The molecule has 29 heavy (non-hydrogen) atoms. The molecule has 4 aromatic rings. The quantitative estimate of drug-likeness (QED) is 0.312. The number of nitrogens with zero attached hydrogens (tertiary/aromatic N) is 2. The van der Waals surface area contributed by atoms with E-state index < -0.39 is 0 Å². The molecule has 5 nitrogen and oxygen atoms in total. The van der Waals surface area contributed by atoms with Crippen LogP contribution in [0.5, 0.6) is 5.75 Å². The number of anilines is 1. The molecule has 3 aromatic carbocycles. The van der Waals surface area contributed by atoms with E-state index in [1.807, 2.05) is 60.7 Å². The van der Waals surface area contributed by atoms with Crippen molar-refractivity contribution in [1.29, 1.82) is 0 Å². The second-order valence-corrected chi connectivity index (χ2v) is 8.96. The van der Waals surface area contributed by atoms with Gasteiger partial charge in [-0.1, -0.05) is 83.8 Å². The first kappa shape index (κ1) is 19.4. The first-order valence-corrected chi connectivity index (χ1v) is 10.8. The van der Waals surface area contributed by atoms with Gasteiger partial charge in [-0.25, -0.2) is 0 Å². The van der Waals surface area contributed by atoms with Crippen molar-refractivity contribution in [2.75, 3.05) is 11.9 Å². The van der Waals surface area contributed by atoms with Crippen LogP contribution in [0.4, 0.5) is 5.13 Å². The standard InChI is InChI=1S/C22H19N3O2S2/c1-15(16-7-3-2-4-8-16)28-22-25-24-21(29-22)23-20(26)14-27-19-12-11-17-9-5-6-10-18(17)13-19/h2-13,15H,14H2,1H3,(H,23,24,26). The first-order valence-electron chi connectivity index (χ1n) is 9.14. The maximum Gasteiger partial charge on any atom is 0.264 e. The summed E-state index contributed by atoms with van der Waals surface area (Å²) in [7, 11) is 0. The zero-order valence-electron chi connectivity index (χ0n) is 15.7. The van der Waals surface area contributed by atoms with Crippen LogP contribution in [0, 0.1) is 0 Å². The highest BCUT2D eigenvalue weighted by molar-refractivity contribution is 8.01. The van der Waals surface area contributed by atoms with E-state index in [0.717, 1.165) is 15.1 Å². The van der Waals surface area contributed by atoms with Gasteiger partial charge in [0.2, 0.25) is 5.13 Å². The van der Waals surface area contributed by atoms with E-state index in [2.05, 4.69) is 34.6 Å². The van der Waals surface area contributed by atoms with Gasteiger partial charge in [0.1, 0.15) is 5.75 Å². The number of thioether (sulfide) groups is 1. The van der Waals surface area contributed by atoms with Gasteiger partial charge in [0, 0.05) is 5.25 Å². The second-order valence-electron chi connectivity index (χ2n) is 6.39. The average Bonchev–Trinajstić information content (AvgIpc) is 3.19. The number of hydrogen-bond donors (Lipinski definition) is 1. The molecule has 1 heterocycles. The third-order valence-corrected chi connectivity index (χ3v) is 6.37. The van der Waals surface area contributed by atoms with E-state index in [9.17, 15) is 4.79 Å². The van der Waals surface area contributed by atoms with Crippen molar-refractivity contribution in [3.63, 3.8) is 0 Å². The lowest BCUT2D eigenvalue weighted by atomic mass is 10.1. The predicted molar refractivity (Wildman–Crippen MR) is 119 cm³/mol. The molecule has 0 saturated heterocycles. The SMILES string of the molecule is CC(Sc1nnc(NC(=O)COc2ccc3ccccc3c2)s1)c1ccccc1. The van der Waals surface area contributed by atoms with Crippen molar-refractivity contribution < 1.29 is 9.53 Å². The molecule has 1 unspecified atom stereocenters. The van der Waals surface area contributed by atoms with Gasteiger partial charge >= 0.3 is 0 Å². The number of carbonyl (C=O) groups excluding carboxylic acids is 1. The lowest BCUT2D eigenvalue weighted by molar-refractivity contribution is -0.118. The Kier molecular flexibility index (Phi) is 6.07. The minimum Gasteiger partial charge on any atom is -0.484 e. The molecule has 1 atom stereocenters. The summed E-state index contributed by atoms with van der Waals surface area (Å²) in [6.07, 6.45) is 0. The van der Waals surface area contributed by atoms with Crippen LogP contribution < -0.4 is 10.1 Å². The third kappa shape index (κ3) is 5.13. The molecule has 0 radical (unpaired) electrons. The third-order valence-electron chi connectivity index (χ3n) is 4.29. The number of amides is 1. The van der Waals surface area contributed by atoms with Crippen LogP contribution in [0.2, 0.25) is 0 Å². The van der Waals surface area contributed by atoms with E-state index in [1.165, 1.54) is 16.9 Å². The van der Waals surface area contributed by atoms with E-state index in [0.29, 0.717) is 10.9 Å². The van der Waals surface area contributed by atoms with Crippen molar-refractivity contribution >= 4 is 44.9 Å². The normalized spacial score (nSPS) is 11.9. The lowest BCUT2D eigenvalue weighted by Gasteiger charge is -2.08. The Morgan fingerprint density at radius 1 is 1.03 bits per heavy atom. The molecule has 146 valence electrons. The van der Waals surface area contributed by atoms with Crippen LogP contribution >= 0.6 is 23.1 Å². The summed E-state index contributed by atoms with van der Waals surface area (Å²) in [5.41, 5.74) is 1.22. The van der Waals surface area contributed by atoms with Crippen molar-refractivity contribution in [3.8, 4) is 5.75 Å². The Bertz CT molecular complexity index is 1120. The summed E-state index contributed by atoms with van der Waals surface area (Å²) < 4.78 is 6.43. The largest absolute Gasteiger partial charge is 0.484 e. The fraction of sp³-hybridized carbons (Fsp3) is 0.136. The number of aromatic nitrogens is 2. The first-order chi connectivity index (χ1) is 14.2. The Morgan fingerprint density at radius 3 is 2.62 bits per heavy atom. The summed E-state index contributed by atoms with van der Waals surface area (Å²) in [5.74, 6) is 0.394. The van der Waals surface area contributed by atoms with E-state index in [1.54, 1.807) is 11.8 Å². The Labute approximate surface area is 177 Å². The maximum atomic E-state index is 12.2. The molecule has 4 rings (SSSR count). The van der Waals surface area contributed by atoms with Gasteiger partial charge in [0.25, 0.3) is 5.91 Å². The lowest BCUT2D eigenvalue weighted by Crippen LogP contribution is -2.20. The van der Waals surface area contributed by atoms with E-state index in [4.69, 9.17) is 4.74 Å². The fourth-order valence-electron chi connectivity index (χ4n) is 2.81. The number of ether oxygens (including phenoxy) is 1. The molecule has 0 spiro atoms. The summed E-state index contributed by atoms with van der Waals surface area (Å²) in [6, 6.07) is 24.0. The van der Waals surface area contributed by atoms with Gasteiger partial charge in [0.15, 0.2) is 10.9 Å². The molecule has 1 amide bonds. The van der Waals surface area contributed by atoms with Crippen LogP contribution in [0.15, 0.2) is 77.1 Å². The number of nitrogens with one attached hydrogen (secondary N) is 1. The van der Waals surface area contributed by atoms with Gasteiger partial charge in [-0.15, -0.1) is 10.2 Å². The average molecular weight is 422 g/mol. The summed E-state index contributed by atoms with van der Waals surface area (Å²) in [5, 5.41) is 13.9. The zero-order chi connectivity index (χ0) is 20.1. The van der Waals surface area contributed by atoms with E-state index >= 15 is 0 Å². The van der Waals surface area contributed by atoms with Crippen molar-refractivity contribution in [2.45, 2.75) is 16.5 Å². The monoisotopic (exact) mass is 421 g/mol. The highest BCUT2D eigenvalue weighted by Gasteiger charge is 2.13. The van der Waals surface area contributed by atoms with Gasteiger partial charge in [-0.05, 0) is 35.4 Å². The van der Waals surface area contributed by atoms with Gasteiger partial charge < -0.3 is 4.74 Å². The molecule has 1 aromatic heterocycles. The second kappa shape index (κ2) is 9.07. The minimum absolute atomic E-state index is 0.0825. The molecule has 0 aliphatic carbocycles. The topological polar surface area (TPSA) is 64.1 Å². The molecular weight excluding hydrogens is 402 g/mol. The highest BCUT2D eigenvalue weighted by atomic mass is 32.2. The smallest absolute Gasteiger partial charge is 0.264 e. The van der Waals surface area contributed by atoms with Gasteiger partial charge in [0.05, 0.1) is 0 Å².